The lowest BCUT2D eigenvalue weighted by atomic mass is 10.1. The minimum atomic E-state index is -0.197. The number of benzene rings is 2. The third-order valence-electron chi connectivity index (χ3n) is 3.44. The van der Waals surface area contributed by atoms with Crippen molar-refractivity contribution >= 4 is 23.4 Å². The predicted molar refractivity (Wildman–Crippen MR) is 98.1 cm³/mol. The molecule has 0 unspecified atom stereocenters. The van der Waals surface area contributed by atoms with Crippen LogP contribution in [-0.2, 0) is 11.2 Å². The molecule has 0 aromatic heterocycles. The van der Waals surface area contributed by atoms with Crippen LogP contribution >= 0.6 is 11.6 Å². The molecule has 132 valence electrons. The van der Waals surface area contributed by atoms with Gasteiger partial charge >= 0.3 is 0 Å². The molecule has 2 aromatic rings. The van der Waals surface area contributed by atoms with E-state index in [2.05, 4.69) is 10.6 Å². The average Bonchev–Trinajstić information content (AvgIpc) is 2.61. The molecule has 0 aliphatic heterocycles. The molecule has 0 bridgehead atoms. The van der Waals surface area contributed by atoms with Crippen LogP contribution in [0.5, 0.6) is 5.75 Å². The van der Waals surface area contributed by atoms with E-state index < -0.39 is 0 Å². The second kappa shape index (κ2) is 9.69. The van der Waals surface area contributed by atoms with Crippen molar-refractivity contribution in [3.63, 3.8) is 0 Å². The maximum atomic E-state index is 11.9. The zero-order chi connectivity index (χ0) is 18.1. The summed E-state index contributed by atoms with van der Waals surface area (Å²) >= 11 is 5.78. The summed E-state index contributed by atoms with van der Waals surface area (Å²) in [7, 11) is 0. The van der Waals surface area contributed by atoms with E-state index in [1.165, 1.54) is 0 Å². The van der Waals surface area contributed by atoms with Gasteiger partial charge in [-0.2, -0.15) is 0 Å². The molecule has 2 amide bonds. The standard InChI is InChI=1S/C19H21ClN2O3/c1-2-25-17-9-3-14(4-10-17)13-18(23)21-11-12-22-19(24)15-5-7-16(20)8-6-15/h3-10H,2,11-13H2,1H3,(H,21,23)(H,22,24). The smallest absolute Gasteiger partial charge is 0.251 e. The zero-order valence-corrected chi connectivity index (χ0v) is 14.8. The van der Waals surface area contributed by atoms with E-state index in [-0.39, 0.29) is 18.2 Å². The van der Waals surface area contributed by atoms with Gasteiger partial charge in [-0.15, -0.1) is 0 Å². The van der Waals surface area contributed by atoms with Gasteiger partial charge in [0.15, 0.2) is 0 Å². The lowest BCUT2D eigenvalue weighted by Gasteiger charge is -2.08. The SMILES string of the molecule is CCOc1ccc(CC(=O)NCCNC(=O)c2ccc(Cl)cc2)cc1. The van der Waals surface area contributed by atoms with Crippen molar-refractivity contribution in [1.82, 2.24) is 10.6 Å². The molecule has 0 saturated heterocycles. The minimum Gasteiger partial charge on any atom is -0.494 e. The fourth-order valence-corrected chi connectivity index (χ4v) is 2.33. The Balaban J connectivity index is 1.68. The van der Waals surface area contributed by atoms with E-state index in [1.807, 2.05) is 31.2 Å². The van der Waals surface area contributed by atoms with Gasteiger partial charge in [-0.05, 0) is 48.9 Å². The Labute approximate surface area is 152 Å². The second-order valence-electron chi connectivity index (χ2n) is 5.37. The molecule has 0 fully saturated rings. The van der Waals surface area contributed by atoms with Crippen molar-refractivity contribution in [2.24, 2.45) is 0 Å². The van der Waals surface area contributed by atoms with Gasteiger partial charge in [0.05, 0.1) is 13.0 Å². The molecule has 0 atom stereocenters. The first-order valence-corrected chi connectivity index (χ1v) is 8.48. The van der Waals surface area contributed by atoms with Crippen LogP contribution in [0.3, 0.4) is 0 Å². The van der Waals surface area contributed by atoms with Crippen molar-refractivity contribution in [3.8, 4) is 5.75 Å². The van der Waals surface area contributed by atoms with Crippen molar-refractivity contribution in [1.29, 1.82) is 0 Å². The Kier molecular flexibility index (Phi) is 7.29. The molecule has 2 rings (SSSR count). The largest absolute Gasteiger partial charge is 0.494 e. The van der Waals surface area contributed by atoms with Gasteiger partial charge in [0.1, 0.15) is 5.75 Å². The third-order valence-corrected chi connectivity index (χ3v) is 3.69. The van der Waals surface area contributed by atoms with Gasteiger partial charge in [0, 0.05) is 23.7 Å². The molecule has 0 aliphatic rings. The topological polar surface area (TPSA) is 67.4 Å². The highest BCUT2D eigenvalue weighted by molar-refractivity contribution is 6.30. The maximum Gasteiger partial charge on any atom is 0.251 e. The lowest BCUT2D eigenvalue weighted by molar-refractivity contribution is -0.120. The molecule has 25 heavy (non-hydrogen) atoms. The summed E-state index contributed by atoms with van der Waals surface area (Å²) in [5.41, 5.74) is 1.44. The van der Waals surface area contributed by atoms with Gasteiger partial charge in [0.2, 0.25) is 5.91 Å². The van der Waals surface area contributed by atoms with E-state index in [0.717, 1.165) is 11.3 Å². The van der Waals surface area contributed by atoms with Gasteiger partial charge in [-0.3, -0.25) is 9.59 Å². The Morgan fingerprint density at radius 1 is 0.960 bits per heavy atom. The molecule has 0 aliphatic carbocycles. The third kappa shape index (κ3) is 6.47. The molecule has 6 heteroatoms. The van der Waals surface area contributed by atoms with Crippen molar-refractivity contribution < 1.29 is 14.3 Å². The summed E-state index contributed by atoms with van der Waals surface area (Å²) < 4.78 is 5.36. The van der Waals surface area contributed by atoms with Crippen LogP contribution in [0.15, 0.2) is 48.5 Å². The van der Waals surface area contributed by atoms with E-state index >= 15 is 0 Å². The predicted octanol–water partition coefficient (Wildman–Crippen LogP) is 2.83. The van der Waals surface area contributed by atoms with Crippen LogP contribution in [0, 0.1) is 0 Å². The molecule has 5 nitrogen and oxygen atoms in total. The van der Waals surface area contributed by atoms with E-state index in [4.69, 9.17) is 16.3 Å². The lowest BCUT2D eigenvalue weighted by Crippen LogP contribution is -2.35. The van der Waals surface area contributed by atoms with E-state index in [9.17, 15) is 9.59 Å². The van der Waals surface area contributed by atoms with Crippen LogP contribution in [0.2, 0.25) is 5.02 Å². The van der Waals surface area contributed by atoms with Crippen molar-refractivity contribution in [2.75, 3.05) is 19.7 Å². The van der Waals surface area contributed by atoms with Crippen molar-refractivity contribution in [2.45, 2.75) is 13.3 Å². The number of carbonyl (C=O) groups is 2. The highest BCUT2D eigenvalue weighted by Crippen LogP contribution is 2.12. The first-order chi connectivity index (χ1) is 12.1. The normalized spacial score (nSPS) is 10.2. The summed E-state index contributed by atoms with van der Waals surface area (Å²) in [6.07, 6.45) is 0.289. The number of halogens is 1. The number of carbonyl (C=O) groups excluding carboxylic acids is 2. The number of hydrogen-bond acceptors (Lipinski definition) is 3. The average molecular weight is 361 g/mol. The molecular formula is C19H21ClN2O3. The molecule has 0 heterocycles. The molecule has 0 saturated carbocycles. The van der Waals surface area contributed by atoms with Crippen LogP contribution in [0.1, 0.15) is 22.8 Å². The summed E-state index contributed by atoms with van der Waals surface area (Å²) in [6, 6.07) is 14.1. The fourth-order valence-electron chi connectivity index (χ4n) is 2.20. The summed E-state index contributed by atoms with van der Waals surface area (Å²) in [5.74, 6) is 0.499. The van der Waals surface area contributed by atoms with Crippen molar-refractivity contribution in [3.05, 3.63) is 64.7 Å². The number of amides is 2. The Bertz CT molecular complexity index is 700. The zero-order valence-electron chi connectivity index (χ0n) is 14.0. The fraction of sp³-hybridized carbons (Fsp3) is 0.263. The number of nitrogens with one attached hydrogen (secondary N) is 2. The maximum absolute atomic E-state index is 11.9. The monoisotopic (exact) mass is 360 g/mol. The number of hydrogen-bond donors (Lipinski definition) is 2. The molecule has 0 radical (unpaired) electrons. The summed E-state index contributed by atoms with van der Waals surface area (Å²) in [4.78, 5) is 23.8. The summed E-state index contributed by atoms with van der Waals surface area (Å²) in [6.45, 7) is 3.26. The number of ether oxygens (including phenoxy) is 1. The second-order valence-corrected chi connectivity index (χ2v) is 5.80. The van der Waals surface area contributed by atoms with Gasteiger partial charge in [-0.25, -0.2) is 0 Å². The van der Waals surface area contributed by atoms with Gasteiger partial charge in [0.25, 0.3) is 5.91 Å². The Morgan fingerprint density at radius 3 is 2.24 bits per heavy atom. The van der Waals surface area contributed by atoms with Crippen LogP contribution in [-0.4, -0.2) is 31.5 Å². The quantitative estimate of drug-likeness (QED) is 0.711. The summed E-state index contributed by atoms with van der Waals surface area (Å²) in [5, 5.41) is 6.11. The highest BCUT2D eigenvalue weighted by Gasteiger charge is 2.06. The first-order valence-electron chi connectivity index (χ1n) is 8.10. The highest BCUT2D eigenvalue weighted by atomic mass is 35.5. The molecular weight excluding hydrogens is 340 g/mol. The molecule has 0 spiro atoms. The molecule has 2 N–H and O–H groups in total. The van der Waals surface area contributed by atoms with Crippen LogP contribution < -0.4 is 15.4 Å². The number of rotatable bonds is 8. The van der Waals surface area contributed by atoms with E-state index in [0.29, 0.717) is 30.3 Å². The van der Waals surface area contributed by atoms with Gasteiger partial charge < -0.3 is 15.4 Å². The van der Waals surface area contributed by atoms with Crippen LogP contribution in [0.25, 0.3) is 0 Å². The minimum absolute atomic E-state index is 0.0927. The van der Waals surface area contributed by atoms with E-state index in [1.54, 1.807) is 24.3 Å². The Hall–Kier alpha value is -2.53. The first kappa shape index (κ1) is 18.8. The van der Waals surface area contributed by atoms with Crippen LogP contribution in [0.4, 0.5) is 0 Å². The van der Waals surface area contributed by atoms with Gasteiger partial charge in [-0.1, -0.05) is 23.7 Å². The molecule has 2 aromatic carbocycles. The Morgan fingerprint density at radius 2 is 1.60 bits per heavy atom.